The Labute approximate surface area is 119 Å². The Balaban J connectivity index is 2.07. The number of benzene rings is 1. The van der Waals surface area contributed by atoms with Gasteiger partial charge in [0.2, 0.25) is 10.0 Å². The van der Waals surface area contributed by atoms with Crippen molar-refractivity contribution in [1.82, 2.24) is 4.72 Å². The van der Waals surface area contributed by atoms with E-state index in [1.807, 2.05) is 13.0 Å². The molecule has 0 amide bonds. The predicted octanol–water partition coefficient (Wildman–Crippen LogP) is 1.65. The largest absolute Gasteiger partial charge is 0.381 e. The van der Waals surface area contributed by atoms with Gasteiger partial charge in [0.1, 0.15) is 0 Å². The van der Waals surface area contributed by atoms with Gasteiger partial charge in [0, 0.05) is 19.3 Å². The van der Waals surface area contributed by atoms with Gasteiger partial charge in [-0.1, -0.05) is 0 Å². The second kappa shape index (κ2) is 6.35. The highest BCUT2D eigenvalue weighted by atomic mass is 32.2. The number of hydrogen-bond acceptors (Lipinski definition) is 4. The Morgan fingerprint density at radius 2 is 1.90 bits per heavy atom. The molecule has 0 spiro atoms. The summed E-state index contributed by atoms with van der Waals surface area (Å²) in [6.07, 6.45) is 1.74. The highest BCUT2D eigenvalue weighted by Crippen LogP contribution is 2.20. The SMILES string of the molecule is CC(NS(=O)(=O)c1ccc(C#N)cc1)C1CCOCC1. The molecule has 6 heteroatoms. The number of nitrogens with one attached hydrogen (secondary N) is 1. The normalized spacial score (nSPS) is 18.4. The Hall–Kier alpha value is -1.42. The topological polar surface area (TPSA) is 79.2 Å². The van der Waals surface area contributed by atoms with E-state index in [9.17, 15) is 8.42 Å². The Morgan fingerprint density at radius 3 is 2.45 bits per heavy atom. The molecule has 2 rings (SSSR count). The number of nitriles is 1. The Morgan fingerprint density at radius 1 is 1.30 bits per heavy atom. The maximum absolute atomic E-state index is 12.3. The van der Waals surface area contributed by atoms with Gasteiger partial charge in [-0.2, -0.15) is 5.26 Å². The van der Waals surface area contributed by atoms with E-state index < -0.39 is 10.0 Å². The van der Waals surface area contributed by atoms with Crippen molar-refractivity contribution >= 4 is 10.0 Å². The maximum atomic E-state index is 12.3. The molecule has 108 valence electrons. The second-order valence-corrected chi connectivity index (χ2v) is 6.71. The van der Waals surface area contributed by atoms with Crippen LogP contribution in [0.15, 0.2) is 29.2 Å². The average molecular weight is 294 g/mol. The molecular formula is C14H18N2O3S. The van der Waals surface area contributed by atoms with Crippen molar-refractivity contribution in [2.45, 2.75) is 30.7 Å². The van der Waals surface area contributed by atoms with Crippen molar-refractivity contribution in [2.75, 3.05) is 13.2 Å². The zero-order valence-electron chi connectivity index (χ0n) is 11.4. The number of sulfonamides is 1. The average Bonchev–Trinajstić information content (AvgIpc) is 2.48. The third-order valence-electron chi connectivity index (χ3n) is 3.61. The first-order chi connectivity index (χ1) is 9.53. The van der Waals surface area contributed by atoms with Crippen LogP contribution >= 0.6 is 0 Å². The van der Waals surface area contributed by atoms with Crippen molar-refractivity contribution in [1.29, 1.82) is 5.26 Å². The first kappa shape index (κ1) is 15.0. The van der Waals surface area contributed by atoms with Gasteiger partial charge in [-0.25, -0.2) is 13.1 Å². The Bertz CT molecular complexity index is 584. The lowest BCUT2D eigenvalue weighted by atomic mass is 9.94. The van der Waals surface area contributed by atoms with E-state index in [0.717, 1.165) is 12.8 Å². The summed E-state index contributed by atoms with van der Waals surface area (Å²) >= 11 is 0. The van der Waals surface area contributed by atoms with Crippen LogP contribution in [0.1, 0.15) is 25.3 Å². The zero-order chi connectivity index (χ0) is 14.6. The molecule has 5 nitrogen and oxygen atoms in total. The lowest BCUT2D eigenvalue weighted by molar-refractivity contribution is 0.0585. The van der Waals surface area contributed by atoms with E-state index >= 15 is 0 Å². The van der Waals surface area contributed by atoms with Crippen LogP contribution in [-0.2, 0) is 14.8 Å². The highest BCUT2D eigenvalue weighted by molar-refractivity contribution is 7.89. The van der Waals surface area contributed by atoms with E-state index in [2.05, 4.69) is 4.72 Å². The van der Waals surface area contributed by atoms with E-state index in [4.69, 9.17) is 10.00 Å². The van der Waals surface area contributed by atoms with Crippen LogP contribution in [0, 0.1) is 17.2 Å². The van der Waals surface area contributed by atoms with Gasteiger partial charge in [-0.15, -0.1) is 0 Å². The molecule has 0 aliphatic carbocycles. The van der Waals surface area contributed by atoms with Crippen molar-refractivity contribution < 1.29 is 13.2 Å². The van der Waals surface area contributed by atoms with Crippen LogP contribution in [0.3, 0.4) is 0 Å². The molecule has 0 aromatic heterocycles. The summed E-state index contributed by atoms with van der Waals surface area (Å²) in [5.41, 5.74) is 0.446. The van der Waals surface area contributed by atoms with Crippen molar-refractivity contribution in [3.05, 3.63) is 29.8 Å². The molecule has 1 aromatic rings. The van der Waals surface area contributed by atoms with E-state index in [0.29, 0.717) is 24.7 Å². The van der Waals surface area contributed by atoms with Gasteiger partial charge >= 0.3 is 0 Å². The van der Waals surface area contributed by atoms with E-state index in [1.54, 1.807) is 0 Å². The molecule has 0 saturated carbocycles. The minimum Gasteiger partial charge on any atom is -0.381 e. The van der Waals surface area contributed by atoms with Crippen LogP contribution in [0.25, 0.3) is 0 Å². The van der Waals surface area contributed by atoms with E-state index in [1.165, 1.54) is 24.3 Å². The monoisotopic (exact) mass is 294 g/mol. The van der Waals surface area contributed by atoms with Gasteiger partial charge < -0.3 is 4.74 Å². The lowest BCUT2D eigenvalue weighted by Crippen LogP contribution is -2.40. The molecule has 1 unspecified atom stereocenters. The molecule has 0 bridgehead atoms. The zero-order valence-corrected chi connectivity index (χ0v) is 12.2. The van der Waals surface area contributed by atoms with Gasteiger partial charge in [0.05, 0.1) is 16.5 Å². The third kappa shape index (κ3) is 3.57. The molecule has 20 heavy (non-hydrogen) atoms. The van der Waals surface area contributed by atoms with Crippen molar-refractivity contribution in [2.24, 2.45) is 5.92 Å². The fourth-order valence-corrected chi connectivity index (χ4v) is 3.65. The summed E-state index contributed by atoms with van der Waals surface area (Å²) in [6, 6.07) is 7.77. The molecular weight excluding hydrogens is 276 g/mol. The minimum atomic E-state index is -3.53. The summed E-state index contributed by atoms with van der Waals surface area (Å²) in [6.45, 7) is 3.26. The Kier molecular flexibility index (Phi) is 4.76. The fraction of sp³-hybridized carbons (Fsp3) is 0.500. The third-order valence-corrected chi connectivity index (χ3v) is 5.18. The van der Waals surface area contributed by atoms with Crippen LogP contribution in [0.4, 0.5) is 0 Å². The van der Waals surface area contributed by atoms with Crippen LogP contribution in [-0.4, -0.2) is 27.7 Å². The molecule has 1 atom stereocenters. The van der Waals surface area contributed by atoms with Gasteiger partial charge in [-0.05, 0) is 49.9 Å². The quantitative estimate of drug-likeness (QED) is 0.915. The molecule has 0 radical (unpaired) electrons. The standard InChI is InChI=1S/C14H18N2O3S/c1-11(13-6-8-19-9-7-13)16-20(17,18)14-4-2-12(10-15)3-5-14/h2-5,11,13,16H,6-9H2,1H3. The van der Waals surface area contributed by atoms with Crippen LogP contribution in [0.2, 0.25) is 0 Å². The second-order valence-electron chi connectivity index (χ2n) is 5.00. The highest BCUT2D eigenvalue weighted by Gasteiger charge is 2.25. The summed E-state index contributed by atoms with van der Waals surface area (Å²) in [4.78, 5) is 0.190. The van der Waals surface area contributed by atoms with Crippen LogP contribution in [0.5, 0.6) is 0 Å². The number of ether oxygens (including phenoxy) is 1. The van der Waals surface area contributed by atoms with E-state index in [-0.39, 0.29) is 10.9 Å². The molecule has 1 aliphatic rings. The summed E-state index contributed by atoms with van der Waals surface area (Å²) in [7, 11) is -3.53. The lowest BCUT2D eigenvalue weighted by Gasteiger charge is -2.28. The molecule has 1 aliphatic heterocycles. The minimum absolute atomic E-state index is 0.125. The smallest absolute Gasteiger partial charge is 0.240 e. The van der Waals surface area contributed by atoms with Gasteiger partial charge in [0.15, 0.2) is 0 Å². The first-order valence-electron chi connectivity index (χ1n) is 6.63. The van der Waals surface area contributed by atoms with Crippen LogP contribution < -0.4 is 4.72 Å². The first-order valence-corrected chi connectivity index (χ1v) is 8.11. The molecule has 1 aromatic carbocycles. The molecule has 1 fully saturated rings. The van der Waals surface area contributed by atoms with Crippen molar-refractivity contribution in [3.63, 3.8) is 0 Å². The predicted molar refractivity (Wildman–Crippen MR) is 74.5 cm³/mol. The molecule has 1 heterocycles. The number of nitrogens with zero attached hydrogens (tertiary/aromatic N) is 1. The number of hydrogen-bond donors (Lipinski definition) is 1. The van der Waals surface area contributed by atoms with Crippen molar-refractivity contribution in [3.8, 4) is 6.07 Å². The summed E-state index contributed by atoms with van der Waals surface area (Å²) in [5, 5.41) is 8.72. The maximum Gasteiger partial charge on any atom is 0.240 e. The van der Waals surface area contributed by atoms with Gasteiger partial charge in [0.25, 0.3) is 0 Å². The fourth-order valence-electron chi connectivity index (χ4n) is 2.33. The molecule has 1 N–H and O–H groups in total. The number of rotatable bonds is 4. The summed E-state index contributed by atoms with van der Waals surface area (Å²) in [5.74, 6) is 0.303. The molecule has 1 saturated heterocycles. The summed E-state index contributed by atoms with van der Waals surface area (Å²) < 4.78 is 32.5. The van der Waals surface area contributed by atoms with Gasteiger partial charge in [-0.3, -0.25) is 0 Å².